The molecule has 0 aliphatic carbocycles. The van der Waals surface area contributed by atoms with Crippen molar-refractivity contribution >= 4 is 17.5 Å². The molecule has 2 amide bonds. The molecule has 1 aliphatic rings. The third kappa shape index (κ3) is 6.79. The summed E-state index contributed by atoms with van der Waals surface area (Å²) >= 11 is 0. The van der Waals surface area contributed by atoms with Gasteiger partial charge in [-0.05, 0) is 41.8 Å². The number of aromatic amines is 1. The zero-order valence-corrected chi connectivity index (χ0v) is 22.6. The lowest BCUT2D eigenvalue weighted by molar-refractivity contribution is -0.139. The number of carbonyl (C=O) groups excluding carboxylic acids is 2. The molecule has 0 spiro atoms. The fourth-order valence-electron chi connectivity index (χ4n) is 4.92. The molecule has 1 unspecified atom stereocenters. The molecule has 1 aliphatic heterocycles. The van der Waals surface area contributed by atoms with Gasteiger partial charge in [0.25, 0.3) is 17.9 Å². The van der Waals surface area contributed by atoms with Crippen LogP contribution in [-0.2, 0) is 32.6 Å². The van der Waals surface area contributed by atoms with Gasteiger partial charge in [-0.25, -0.2) is 17.6 Å². The van der Waals surface area contributed by atoms with E-state index in [0.717, 1.165) is 23.8 Å². The van der Waals surface area contributed by atoms with E-state index in [1.807, 2.05) is 0 Å². The predicted octanol–water partition coefficient (Wildman–Crippen LogP) is 4.12. The highest BCUT2D eigenvalue weighted by Crippen LogP contribution is 2.35. The predicted molar refractivity (Wildman–Crippen MR) is 139 cm³/mol. The van der Waals surface area contributed by atoms with Gasteiger partial charge in [-0.2, -0.15) is 5.16 Å². The van der Waals surface area contributed by atoms with Gasteiger partial charge in [0, 0.05) is 29.3 Å². The number of halogens is 4. The van der Waals surface area contributed by atoms with E-state index in [1.54, 1.807) is 18.2 Å². The number of hydrogen-bond donors (Lipinski definition) is 2. The first-order chi connectivity index (χ1) is 19.4. The van der Waals surface area contributed by atoms with E-state index in [9.17, 15) is 23.2 Å². The highest BCUT2D eigenvalue weighted by atomic mass is 19.3. The lowest BCUT2D eigenvalue weighted by Crippen LogP contribution is -2.46. The van der Waals surface area contributed by atoms with Crippen molar-refractivity contribution in [3.8, 4) is 5.75 Å². The van der Waals surface area contributed by atoms with E-state index >= 15 is 8.78 Å². The number of methoxy groups -OCH3 is 1. The van der Waals surface area contributed by atoms with Crippen molar-refractivity contribution in [2.45, 2.75) is 44.6 Å². The maximum Gasteiger partial charge on any atom is 0.280 e. The van der Waals surface area contributed by atoms with Crippen LogP contribution in [-0.4, -0.2) is 55.2 Å². The summed E-state index contributed by atoms with van der Waals surface area (Å²) in [5, 5.41) is 4.61. The minimum absolute atomic E-state index is 0.0829. The number of H-pyrrole nitrogens is 1. The molecule has 0 radical (unpaired) electrons. The maximum atomic E-state index is 15.1. The molecule has 4 rings (SSSR count). The zero-order valence-electron chi connectivity index (χ0n) is 22.6. The number of anilines is 1. The smallest absolute Gasteiger partial charge is 0.280 e. The summed E-state index contributed by atoms with van der Waals surface area (Å²) < 4.78 is 70.4. The first-order valence-corrected chi connectivity index (χ1v) is 12.7. The second-order valence-corrected chi connectivity index (χ2v) is 10.3. The van der Waals surface area contributed by atoms with Crippen molar-refractivity contribution in [1.29, 1.82) is 0 Å². The van der Waals surface area contributed by atoms with Crippen molar-refractivity contribution in [3.63, 3.8) is 0 Å². The summed E-state index contributed by atoms with van der Waals surface area (Å²) in [5.41, 5.74) is -1.15. The van der Waals surface area contributed by atoms with Crippen LogP contribution >= 0.6 is 0 Å². The normalized spacial score (nSPS) is 15.1. The molecule has 0 bridgehead atoms. The Morgan fingerprint density at radius 2 is 1.88 bits per heavy atom. The molecule has 1 atom stereocenters. The van der Waals surface area contributed by atoms with E-state index in [1.165, 1.54) is 25.9 Å². The summed E-state index contributed by atoms with van der Waals surface area (Å²) in [4.78, 5) is 39.6. The highest BCUT2D eigenvalue weighted by molar-refractivity contribution is 5.98. The Bertz CT molecular complexity index is 1460. The van der Waals surface area contributed by atoms with Crippen molar-refractivity contribution in [2.24, 2.45) is 0 Å². The Labute approximate surface area is 232 Å². The van der Waals surface area contributed by atoms with Gasteiger partial charge < -0.3 is 24.2 Å². The third-order valence-electron chi connectivity index (χ3n) is 6.74. The molecule has 3 aromatic rings. The molecule has 9 nitrogen and oxygen atoms in total. The monoisotopic (exact) mass is 579 g/mol. The van der Waals surface area contributed by atoms with E-state index in [-0.39, 0.29) is 36.6 Å². The Kier molecular flexibility index (Phi) is 8.86. The van der Waals surface area contributed by atoms with Crippen LogP contribution in [0.3, 0.4) is 0 Å². The summed E-state index contributed by atoms with van der Waals surface area (Å²) in [6.45, 7) is 1.79. The second kappa shape index (κ2) is 12.2. The summed E-state index contributed by atoms with van der Waals surface area (Å²) in [5.74, 6) is -2.61. The molecule has 2 N–H and O–H groups in total. The van der Waals surface area contributed by atoms with Crippen LogP contribution < -0.4 is 15.6 Å². The van der Waals surface area contributed by atoms with Crippen molar-refractivity contribution < 1.29 is 41.1 Å². The van der Waals surface area contributed by atoms with Crippen LogP contribution in [0.1, 0.15) is 42.3 Å². The number of nitrogens with zero attached hydrogens (tertiary/aromatic N) is 1. The topological polar surface area (TPSA) is 114 Å². The molecule has 41 heavy (non-hydrogen) atoms. The standard InChI is InChI=1S/C28H29F4N3O6/c1-28(2,14-40-13-22(31)32)25-20(29)9-16(10-21(25)30)33-27(38)26-19-5-4-17(39-3)8-15(19)6-7-35(26)24(37)12-18-11-23(36)34-41-18/h4-5,8-11,22,26H,6-7,12-14H2,1-3H3,(H,33,38)(H,34,36). The number of fused-ring (bicyclic) bond motifs is 1. The van der Waals surface area contributed by atoms with Crippen LogP contribution in [0, 0.1) is 11.6 Å². The lowest BCUT2D eigenvalue weighted by Gasteiger charge is -2.36. The van der Waals surface area contributed by atoms with E-state index in [2.05, 4.69) is 10.5 Å². The summed E-state index contributed by atoms with van der Waals surface area (Å²) in [6.07, 6.45) is -2.62. The molecule has 0 saturated carbocycles. The Morgan fingerprint density at radius 3 is 2.49 bits per heavy atom. The molecule has 1 aromatic heterocycles. The first kappa shape index (κ1) is 29.8. The maximum absolute atomic E-state index is 15.1. The van der Waals surface area contributed by atoms with Crippen molar-refractivity contribution in [2.75, 3.05) is 32.2 Å². The third-order valence-corrected chi connectivity index (χ3v) is 6.74. The number of amides is 2. The molecule has 13 heteroatoms. The quantitative estimate of drug-likeness (QED) is 0.350. The van der Waals surface area contributed by atoms with Crippen LogP contribution in [0.2, 0.25) is 0 Å². The van der Waals surface area contributed by atoms with Crippen LogP contribution in [0.4, 0.5) is 23.2 Å². The SMILES string of the molecule is COc1ccc2c(c1)CCN(C(=O)Cc1cc(=O)[nH]o1)C2C(=O)Nc1cc(F)c(C(C)(C)COCC(F)F)c(F)c1. The number of alkyl halides is 2. The van der Waals surface area contributed by atoms with Gasteiger partial charge in [0.2, 0.25) is 5.91 Å². The number of benzene rings is 2. The molecule has 220 valence electrons. The van der Waals surface area contributed by atoms with E-state index in [4.69, 9.17) is 14.0 Å². The fourth-order valence-corrected chi connectivity index (χ4v) is 4.92. The summed E-state index contributed by atoms with van der Waals surface area (Å²) in [6, 6.07) is 6.81. The highest BCUT2D eigenvalue weighted by Gasteiger charge is 2.37. The Balaban J connectivity index is 1.61. The van der Waals surface area contributed by atoms with Crippen molar-refractivity contribution in [1.82, 2.24) is 10.1 Å². The number of ether oxygens (including phenoxy) is 2. The largest absolute Gasteiger partial charge is 0.497 e. The van der Waals surface area contributed by atoms with Crippen LogP contribution in [0.15, 0.2) is 45.7 Å². The summed E-state index contributed by atoms with van der Waals surface area (Å²) in [7, 11) is 1.49. The molecule has 0 saturated heterocycles. The fraction of sp³-hybridized carbons (Fsp3) is 0.393. The van der Waals surface area contributed by atoms with Gasteiger partial charge in [0.1, 0.15) is 35.8 Å². The lowest BCUT2D eigenvalue weighted by atomic mass is 9.84. The number of nitrogens with one attached hydrogen (secondary N) is 2. The van der Waals surface area contributed by atoms with Gasteiger partial charge in [0.05, 0.1) is 20.1 Å². The first-order valence-electron chi connectivity index (χ1n) is 12.7. The van der Waals surface area contributed by atoms with Gasteiger partial charge >= 0.3 is 0 Å². The number of aromatic nitrogens is 1. The van der Waals surface area contributed by atoms with E-state index < -0.39 is 53.5 Å². The number of carbonyl (C=O) groups is 2. The molecule has 0 fully saturated rings. The van der Waals surface area contributed by atoms with E-state index in [0.29, 0.717) is 17.7 Å². The average molecular weight is 580 g/mol. The number of hydrogen-bond acceptors (Lipinski definition) is 6. The van der Waals surface area contributed by atoms with Gasteiger partial charge in [-0.1, -0.05) is 19.9 Å². The molecule has 2 aromatic carbocycles. The van der Waals surface area contributed by atoms with Gasteiger partial charge in [0.15, 0.2) is 0 Å². The van der Waals surface area contributed by atoms with Crippen LogP contribution in [0.5, 0.6) is 5.75 Å². The number of rotatable bonds is 10. The minimum atomic E-state index is -2.72. The van der Waals surface area contributed by atoms with Gasteiger partial charge in [-0.3, -0.25) is 14.4 Å². The van der Waals surface area contributed by atoms with Crippen LogP contribution in [0.25, 0.3) is 0 Å². The molecule has 2 heterocycles. The Hall–Kier alpha value is -4.13. The minimum Gasteiger partial charge on any atom is -0.497 e. The van der Waals surface area contributed by atoms with Gasteiger partial charge in [-0.15, -0.1) is 0 Å². The molecular formula is C28H29F4N3O6. The average Bonchev–Trinajstić information content (AvgIpc) is 3.30. The molecular weight excluding hydrogens is 550 g/mol. The second-order valence-electron chi connectivity index (χ2n) is 10.3. The Morgan fingerprint density at radius 1 is 1.17 bits per heavy atom. The van der Waals surface area contributed by atoms with Crippen molar-refractivity contribution in [3.05, 3.63) is 80.8 Å². The zero-order chi connectivity index (χ0) is 29.9.